The number of hydrogen-bond acceptors (Lipinski definition) is 3. The molecule has 0 aliphatic carbocycles. The second-order valence-corrected chi connectivity index (χ2v) is 7.79. The van der Waals surface area contributed by atoms with Crippen LogP contribution in [0.3, 0.4) is 0 Å². The second kappa shape index (κ2) is 6.44. The molecule has 1 aromatic heterocycles. The first-order valence-corrected chi connectivity index (χ1v) is 9.09. The summed E-state index contributed by atoms with van der Waals surface area (Å²) < 4.78 is 40.3. The molecule has 0 amide bonds. The molecule has 0 aliphatic rings. The van der Waals surface area contributed by atoms with Crippen molar-refractivity contribution in [2.75, 3.05) is 7.05 Å². The van der Waals surface area contributed by atoms with Crippen LogP contribution in [0, 0.1) is 5.82 Å². The van der Waals surface area contributed by atoms with Crippen LogP contribution in [0.5, 0.6) is 0 Å². The second-order valence-electron chi connectivity index (χ2n) is 4.56. The summed E-state index contributed by atoms with van der Waals surface area (Å²) in [5.41, 5.74) is 0.339. The van der Waals surface area contributed by atoms with E-state index in [0.717, 1.165) is 0 Å². The van der Waals surface area contributed by atoms with Gasteiger partial charge < -0.3 is 0 Å². The van der Waals surface area contributed by atoms with E-state index in [9.17, 15) is 12.8 Å². The van der Waals surface area contributed by atoms with Crippen molar-refractivity contribution in [3.8, 4) is 0 Å². The predicted octanol–water partition coefficient (Wildman–Crippen LogP) is 4.01. The minimum atomic E-state index is -3.71. The van der Waals surface area contributed by atoms with Gasteiger partial charge in [-0.15, -0.1) is 22.9 Å². The Hall–Kier alpha value is -0.950. The smallest absolute Gasteiger partial charge is 0.207 e. The lowest BCUT2D eigenvalue weighted by atomic mass is 10.1. The summed E-state index contributed by atoms with van der Waals surface area (Å²) in [6.45, 7) is 1.66. The Bertz CT molecular complexity index is 730. The van der Waals surface area contributed by atoms with Crippen LogP contribution in [-0.4, -0.2) is 19.8 Å². The van der Waals surface area contributed by atoms with E-state index in [2.05, 4.69) is 0 Å². The molecule has 1 unspecified atom stereocenters. The van der Waals surface area contributed by atoms with Gasteiger partial charge in [0.25, 0.3) is 0 Å². The predicted molar refractivity (Wildman–Crippen MR) is 83.6 cm³/mol. The first-order valence-electron chi connectivity index (χ1n) is 6.24. The molecule has 0 saturated heterocycles. The first-order chi connectivity index (χ1) is 9.89. The van der Waals surface area contributed by atoms with E-state index in [1.165, 1.54) is 34.8 Å². The van der Waals surface area contributed by atoms with Crippen LogP contribution < -0.4 is 0 Å². The molecule has 1 heterocycles. The van der Waals surface area contributed by atoms with Crippen LogP contribution in [0.1, 0.15) is 23.4 Å². The average Bonchev–Trinajstić information content (AvgIpc) is 2.95. The van der Waals surface area contributed by atoms with Crippen molar-refractivity contribution in [3.05, 3.63) is 52.0 Å². The van der Waals surface area contributed by atoms with Crippen molar-refractivity contribution in [1.82, 2.24) is 4.31 Å². The molecule has 0 bridgehead atoms. The zero-order valence-electron chi connectivity index (χ0n) is 11.6. The molecule has 114 valence electrons. The Labute approximate surface area is 133 Å². The number of thiophene rings is 1. The number of alkyl halides is 1. The molecular weight excluding hydrogens is 333 g/mol. The summed E-state index contributed by atoms with van der Waals surface area (Å²) in [7, 11) is -2.26. The molecule has 0 spiro atoms. The molecule has 3 nitrogen and oxygen atoms in total. The number of nitrogens with zero attached hydrogens (tertiary/aromatic N) is 1. The van der Waals surface area contributed by atoms with Gasteiger partial charge in [-0.1, -0.05) is 18.2 Å². The number of sulfonamides is 1. The normalized spacial score (nSPS) is 13.6. The van der Waals surface area contributed by atoms with E-state index in [-0.39, 0.29) is 10.8 Å². The van der Waals surface area contributed by atoms with Gasteiger partial charge in [-0.25, -0.2) is 12.8 Å². The lowest BCUT2D eigenvalue weighted by Crippen LogP contribution is -2.30. The summed E-state index contributed by atoms with van der Waals surface area (Å²) >= 11 is 7.07. The monoisotopic (exact) mass is 347 g/mol. The average molecular weight is 348 g/mol. The van der Waals surface area contributed by atoms with Gasteiger partial charge >= 0.3 is 0 Å². The number of halogens is 2. The van der Waals surface area contributed by atoms with Gasteiger partial charge in [-0.3, -0.25) is 0 Å². The van der Waals surface area contributed by atoms with Crippen molar-refractivity contribution in [2.24, 2.45) is 0 Å². The maximum atomic E-state index is 13.8. The highest BCUT2D eigenvalue weighted by Gasteiger charge is 2.29. The van der Waals surface area contributed by atoms with Gasteiger partial charge in [0.1, 0.15) is 5.82 Å². The van der Waals surface area contributed by atoms with Crippen LogP contribution in [-0.2, 0) is 15.9 Å². The summed E-state index contributed by atoms with van der Waals surface area (Å²) in [5.74, 6) is -0.288. The first kappa shape index (κ1) is 16.4. The van der Waals surface area contributed by atoms with Crippen LogP contribution in [0.25, 0.3) is 0 Å². The Balaban J connectivity index is 2.39. The molecule has 0 N–H and O–H groups in total. The van der Waals surface area contributed by atoms with Crippen molar-refractivity contribution >= 4 is 33.0 Å². The molecule has 0 fully saturated rings. The van der Waals surface area contributed by atoms with E-state index in [1.807, 2.05) is 0 Å². The van der Waals surface area contributed by atoms with Gasteiger partial charge in [0.15, 0.2) is 0 Å². The third-order valence-corrected chi connectivity index (χ3v) is 6.87. The Morgan fingerprint density at radius 2 is 2.00 bits per heavy atom. The fraction of sp³-hybridized carbons (Fsp3) is 0.286. The molecule has 7 heteroatoms. The molecule has 1 aromatic carbocycles. The summed E-state index contributed by atoms with van der Waals surface area (Å²) in [5, 5.41) is 1.69. The van der Waals surface area contributed by atoms with E-state index in [4.69, 9.17) is 11.6 Å². The molecule has 0 radical (unpaired) electrons. The highest BCUT2D eigenvalue weighted by molar-refractivity contribution is 7.89. The third kappa shape index (κ3) is 3.13. The third-order valence-electron chi connectivity index (χ3n) is 3.38. The lowest BCUT2D eigenvalue weighted by Gasteiger charge is -2.25. The molecule has 0 saturated carbocycles. The molecule has 2 aromatic rings. The molecular formula is C14H15ClFNO2S2. The quantitative estimate of drug-likeness (QED) is 0.766. The van der Waals surface area contributed by atoms with Crippen LogP contribution in [0.15, 0.2) is 40.6 Å². The Kier molecular flexibility index (Phi) is 5.03. The SMILES string of the molecule is CC(c1ccccc1F)N(C)S(=O)(=O)c1ccsc1CCl. The van der Waals surface area contributed by atoms with Gasteiger partial charge in [0, 0.05) is 23.5 Å². The Morgan fingerprint density at radius 3 is 2.62 bits per heavy atom. The Morgan fingerprint density at radius 1 is 1.33 bits per heavy atom. The lowest BCUT2D eigenvalue weighted by molar-refractivity contribution is 0.387. The summed E-state index contributed by atoms with van der Waals surface area (Å²) in [4.78, 5) is 0.775. The highest BCUT2D eigenvalue weighted by atomic mass is 35.5. The standard InChI is InChI=1S/C14H15ClFNO2S2/c1-10(11-5-3-4-6-12(11)16)17(2)21(18,19)14-7-8-20-13(14)9-15/h3-8,10H,9H2,1-2H3. The van der Waals surface area contributed by atoms with Gasteiger partial charge in [-0.2, -0.15) is 4.31 Å². The van der Waals surface area contributed by atoms with Crippen LogP contribution in [0.4, 0.5) is 4.39 Å². The van der Waals surface area contributed by atoms with E-state index in [1.54, 1.807) is 30.5 Å². The minimum absolute atomic E-state index is 0.133. The largest absolute Gasteiger partial charge is 0.244 e. The summed E-state index contributed by atoms with van der Waals surface area (Å²) in [6.07, 6.45) is 0. The zero-order chi connectivity index (χ0) is 15.6. The fourth-order valence-electron chi connectivity index (χ4n) is 2.03. The highest BCUT2D eigenvalue weighted by Crippen LogP contribution is 2.31. The van der Waals surface area contributed by atoms with Crippen molar-refractivity contribution < 1.29 is 12.8 Å². The number of hydrogen-bond donors (Lipinski definition) is 0. The maximum Gasteiger partial charge on any atom is 0.244 e. The molecule has 21 heavy (non-hydrogen) atoms. The van der Waals surface area contributed by atoms with Crippen molar-refractivity contribution in [2.45, 2.75) is 23.7 Å². The van der Waals surface area contributed by atoms with Crippen LogP contribution in [0.2, 0.25) is 0 Å². The van der Waals surface area contributed by atoms with Gasteiger partial charge in [0.05, 0.1) is 10.8 Å². The fourth-order valence-corrected chi connectivity index (χ4v) is 5.04. The molecule has 2 rings (SSSR count). The van der Waals surface area contributed by atoms with E-state index in [0.29, 0.717) is 10.4 Å². The minimum Gasteiger partial charge on any atom is -0.207 e. The van der Waals surface area contributed by atoms with E-state index >= 15 is 0 Å². The maximum absolute atomic E-state index is 13.8. The van der Waals surface area contributed by atoms with Gasteiger partial charge in [-0.05, 0) is 24.4 Å². The van der Waals surface area contributed by atoms with Crippen molar-refractivity contribution in [1.29, 1.82) is 0 Å². The zero-order valence-corrected chi connectivity index (χ0v) is 14.0. The van der Waals surface area contributed by atoms with Crippen LogP contribution >= 0.6 is 22.9 Å². The summed E-state index contributed by atoms with van der Waals surface area (Å²) in [6, 6.07) is 7.08. The number of benzene rings is 1. The topological polar surface area (TPSA) is 37.4 Å². The molecule has 1 atom stereocenters. The molecule has 0 aliphatic heterocycles. The van der Waals surface area contributed by atoms with Gasteiger partial charge in [0.2, 0.25) is 10.0 Å². The number of rotatable bonds is 5. The van der Waals surface area contributed by atoms with Crippen molar-refractivity contribution in [3.63, 3.8) is 0 Å². The van der Waals surface area contributed by atoms with E-state index < -0.39 is 21.9 Å².